The van der Waals surface area contributed by atoms with Crippen molar-refractivity contribution in [2.45, 2.75) is 20.5 Å². The minimum atomic E-state index is -0.488. The van der Waals surface area contributed by atoms with Gasteiger partial charge in [0, 0.05) is 12.2 Å². The lowest BCUT2D eigenvalue weighted by atomic mass is 10.1. The molecular formula is C14H21FN2O2. The molecule has 0 saturated carbocycles. The molecule has 0 bridgehead atoms. The number of hydrogen-bond donors (Lipinski definition) is 2. The molecule has 106 valence electrons. The molecule has 5 heteroatoms. The summed E-state index contributed by atoms with van der Waals surface area (Å²) in [5.41, 5.74) is 5.80. The van der Waals surface area contributed by atoms with Crippen molar-refractivity contribution >= 4 is 5.84 Å². The molecule has 1 aromatic carbocycles. The normalized spacial score (nSPS) is 10.9. The molecule has 0 aliphatic carbocycles. The molecule has 1 aromatic rings. The average molecular weight is 268 g/mol. The van der Waals surface area contributed by atoms with Gasteiger partial charge in [-0.3, -0.25) is 5.41 Å². The topological polar surface area (TPSA) is 68.3 Å². The maximum absolute atomic E-state index is 13.9. The summed E-state index contributed by atoms with van der Waals surface area (Å²) in [7, 11) is 0. The molecular weight excluding hydrogens is 247 g/mol. The van der Waals surface area contributed by atoms with Crippen LogP contribution in [0.15, 0.2) is 18.2 Å². The van der Waals surface area contributed by atoms with Gasteiger partial charge in [0.2, 0.25) is 0 Å². The van der Waals surface area contributed by atoms with Gasteiger partial charge in [0.05, 0.1) is 25.4 Å². The van der Waals surface area contributed by atoms with Crippen molar-refractivity contribution in [3.05, 3.63) is 35.1 Å². The monoisotopic (exact) mass is 268 g/mol. The fraction of sp³-hybridized carbons (Fsp3) is 0.500. The zero-order chi connectivity index (χ0) is 14.3. The van der Waals surface area contributed by atoms with E-state index >= 15 is 0 Å². The standard InChI is InChI=1S/C14H21FN2O2/c1-10(2)8-18-6-7-19-9-11-4-3-5-12(13(11)15)14(16)17/h3-5,10H,6-9H2,1-2H3,(H3,16,17). The summed E-state index contributed by atoms with van der Waals surface area (Å²) in [6.45, 7) is 5.89. The van der Waals surface area contributed by atoms with E-state index in [1.165, 1.54) is 6.07 Å². The first-order valence-electron chi connectivity index (χ1n) is 6.29. The molecule has 0 unspecified atom stereocenters. The second-order valence-electron chi connectivity index (χ2n) is 4.71. The Balaban J connectivity index is 2.37. The van der Waals surface area contributed by atoms with Gasteiger partial charge in [-0.2, -0.15) is 0 Å². The average Bonchev–Trinajstić information content (AvgIpc) is 2.34. The molecule has 0 fully saturated rings. The molecule has 0 saturated heterocycles. The molecule has 0 aromatic heterocycles. The Hall–Kier alpha value is -1.46. The van der Waals surface area contributed by atoms with Crippen molar-refractivity contribution in [1.82, 2.24) is 0 Å². The molecule has 0 spiro atoms. The van der Waals surface area contributed by atoms with Gasteiger partial charge in [-0.05, 0) is 12.0 Å². The third-order valence-electron chi connectivity index (χ3n) is 2.45. The van der Waals surface area contributed by atoms with Crippen LogP contribution in [0.25, 0.3) is 0 Å². The van der Waals surface area contributed by atoms with Crippen molar-refractivity contribution in [2.75, 3.05) is 19.8 Å². The van der Waals surface area contributed by atoms with Crippen molar-refractivity contribution in [1.29, 1.82) is 5.41 Å². The molecule has 3 N–H and O–H groups in total. The Kier molecular flexibility index (Phi) is 6.45. The lowest BCUT2D eigenvalue weighted by Gasteiger charge is -2.09. The summed E-state index contributed by atoms with van der Waals surface area (Å²) >= 11 is 0. The highest BCUT2D eigenvalue weighted by Gasteiger charge is 2.09. The van der Waals surface area contributed by atoms with Gasteiger partial charge in [0.25, 0.3) is 0 Å². The number of nitrogens with one attached hydrogen (secondary N) is 1. The fourth-order valence-corrected chi connectivity index (χ4v) is 1.52. The number of hydrogen-bond acceptors (Lipinski definition) is 3. The summed E-state index contributed by atoms with van der Waals surface area (Å²) in [6.07, 6.45) is 0. The van der Waals surface area contributed by atoms with E-state index in [1.54, 1.807) is 12.1 Å². The first-order valence-corrected chi connectivity index (χ1v) is 6.29. The Morgan fingerprint density at radius 3 is 2.63 bits per heavy atom. The molecule has 1 rings (SSSR count). The maximum atomic E-state index is 13.9. The zero-order valence-electron chi connectivity index (χ0n) is 11.4. The van der Waals surface area contributed by atoms with Gasteiger partial charge < -0.3 is 15.2 Å². The van der Waals surface area contributed by atoms with E-state index in [9.17, 15) is 4.39 Å². The van der Waals surface area contributed by atoms with Crippen LogP contribution in [-0.4, -0.2) is 25.7 Å². The summed E-state index contributed by atoms with van der Waals surface area (Å²) in [6, 6.07) is 4.76. The van der Waals surface area contributed by atoms with E-state index < -0.39 is 5.82 Å². The summed E-state index contributed by atoms with van der Waals surface area (Å²) < 4.78 is 24.6. The van der Waals surface area contributed by atoms with Crippen LogP contribution in [0.5, 0.6) is 0 Å². The molecule has 0 radical (unpaired) electrons. The fourth-order valence-electron chi connectivity index (χ4n) is 1.52. The number of ether oxygens (including phenoxy) is 2. The minimum absolute atomic E-state index is 0.108. The summed E-state index contributed by atoms with van der Waals surface area (Å²) in [4.78, 5) is 0. The van der Waals surface area contributed by atoms with Crippen LogP contribution in [0.4, 0.5) is 4.39 Å². The van der Waals surface area contributed by atoms with Crippen LogP contribution in [-0.2, 0) is 16.1 Å². The Morgan fingerprint density at radius 1 is 1.32 bits per heavy atom. The van der Waals surface area contributed by atoms with E-state index in [0.717, 1.165) is 0 Å². The van der Waals surface area contributed by atoms with Gasteiger partial charge in [0.15, 0.2) is 0 Å². The van der Waals surface area contributed by atoms with E-state index in [0.29, 0.717) is 31.3 Å². The van der Waals surface area contributed by atoms with Crippen LogP contribution < -0.4 is 5.73 Å². The number of amidine groups is 1. The third kappa shape index (κ3) is 5.36. The lowest BCUT2D eigenvalue weighted by molar-refractivity contribution is 0.0307. The molecule has 0 atom stereocenters. The number of benzene rings is 1. The molecule has 0 aliphatic heterocycles. The first kappa shape index (κ1) is 15.6. The summed E-state index contributed by atoms with van der Waals surface area (Å²) in [5.74, 6) is -0.276. The zero-order valence-corrected chi connectivity index (χ0v) is 11.4. The molecule has 0 heterocycles. The Bertz CT molecular complexity index is 422. The number of nitrogen functional groups attached to an aromatic ring is 1. The van der Waals surface area contributed by atoms with Crippen LogP contribution in [0.1, 0.15) is 25.0 Å². The number of nitrogens with two attached hydrogens (primary N) is 1. The smallest absolute Gasteiger partial charge is 0.139 e. The molecule has 4 nitrogen and oxygen atoms in total. The van der Waals surface area contributed by atoms with Crippen LogP contribution in [0.2, 0.25) is 0 Å². The Morgan fingerprint density at radius 2 is 2.00 bits per heavy atom. The van der Waals surface area contributed by atoms with Crippen LogP contribution in [0.3, 0.4) is 0 Å². The highest BCUT2D eigenvalue weighted by molar-refractivity contribution is 5.95. The highest BCUT2D eigenvalue weighted by atomic mass is 19.1. The second-order valence-corrected chi connectivity index (χ2v) is 4.71. The molecule has 19 heavy (non-hydrogen) atoms. The van der Waals surface area contributed by atoms with Gasteiger partial charge in [0.1, 0.15) is 11.7 Å². The van der Waals surface area contributed by atoms with Crippen molar-refractivity contribution < 1.29 is 13.9 Å². The van der Waals surface area contributed by atoms with Crippen LogP contribution in [0, 0.1) is 17.1 Å². The van der Waals surface area contributed by atoms with E-state index in [1.807, 2.05) is 0 Å². The largest absolute Gasteiger partial charge is 0.384 e. The quantitative estimate of drug-likeness (QED) is 0.432. The molecule has 0 amide bonds. The maximum Gasteiger partial charge on any atom is 0.139 e. The highest BCUT2D eigenvalue weighted by Crippen LogP contribution is 2.13. The van der Waals surface area contributed by atoms with Gasteiger partial charge in [-0.1, -0.05) is 26.0 Å². The first-order chi connectivity index (χ1) is 9.02. The predicted octanol–water partition coefficient (Wildman–Crippen LogP) is 2.30. The van der Waals surface area contributed by atoms with E-state index in [-0.39, 0.29) is 18.0 Å². The third-order valence-corrected chi connectivity index (χ3v) is 2.45. The van der Waals surface area contributed by atoms with Gasteiger partial charge in [-0.25, -0.2) is 4.39 Å². The molecule has 0 aliphatic rings. The van der Waals surface area contributed by atoms with E-state index in [2.05, 4.69) is 13.8 Å². The van der Waals surface area contributed by atoms with Crippen molar-refractivity contribution in [2.24, 2.45) is 11.7 Å². The van der Waals surface area contributed by atoms with Gasteiger partial charge >= 0.3 is 0 Å². The van der Waals surface area contributed by atoms with Gasteiger partial charge in [-0.15, -0.1) is 0 Å². The summed E-state index contributed by atoms with van der Waals surface area (Å²) in [5, 5.41) is 7.26. The lowest BCUT2D eigenvalue weighted by Crippen LogP contribution is -2.15. The second kappa shape index (κ2) is 7.86. The van der Waals surface area contributed by atoms with Crippen molar-refractivity contribution in [3.63, 3.8) is 0 Å². The minimum Gasteiger partial charge on any atom is -0.384 e. The van der Waals surface area contributed by atoms with Crippen LogP contribution >= 0.6 is 0 Å². The SMILES string of the molecule is CC(C)COCCOCc1cccc(C(=N)N)c1F. The number of halogens is 1. The number of rotatable bonds is 8. The van der Waals surface area contributed by atoms with Crippen molar-refractivity contribution in [3.8, 4) is 0 Å². The van der Waals surface area contributed by atoms with E-state index in [4.69, 9.17) is 20.6 Å². The Labute approximate surface area is 113 Å². The predicted molar refractivity (Wildman–Crippen MR) is 72.7 cm³/mol.